The highest BCUT2D eigenvalue weighted by Gasteiger charge is 2.24. The normalized spacial score (nSPS) is 15.3. The van der Waals surface area contributed by atoms with Gasteiger partial charge < -0.3 is 10.2 Å². The molecule has 0 aliphatic carbocycles. The van der Waals surface area contributed by atoms with E-state index in [4.69, 9.17) is 0 Å². The first-order valence-electron chi connectivity index (χ1n) is 10.5. The highest BCUT2D eigenvalue weighted by atomic mass is 16.1. The molecule has 5 heteroatoms. The second-order valence-electron chi connectivity index (χ2n) is 7.69. The molecule has 150 valence electrons. The van der Waals surface area contributed by atoms with Crippen molar-refractivity contribution in [1.29, 1.82) is 0 Å². The van der Waals surface area contributed by atoms with Crippen LogP contribution in [-0.2, 0) is 11.2 Å². The van der Waals surface area contributed by atoms with Crippen molar-refractivity contribution in [2.45, 2.75) is 25.7 Å². The number of hydrogen-bond acceptors (Lipinski definition) is 3. The molecule has 5 nitrogen and oxygen atoms in total. The molecule has 0 atom stereocenters. The molecule has 1 aliphatic rings. The van der Waals surface area contributed by atoms with E-state index >= 15 is 0 Å². The number of nitrogens with zero attached hydrogens (tertiary/aromatic N) is 3. The first kappa shape index (κ1) is 19.4. The molecule has 0 unspecified atom stereocenters. The highest BCUT2D eigenvalue weighted by molar-refractivity contribution is 5.92. The molecule has 1 fully saturated rings. The van der Waals surface area contributed by atoms with Gasteiger partial charge in [0.25, 0.3) is 0 Å². The summed E-state index contributed by atoms with van der Waals surface area (Å²) >= 11 is 0. The molecule has 0 bridgehead atoms. The van der Waals surface area contributed by atoms with Gasteiger partial charge in [-0.1, -0.05) is 30.3 Å². The molecule has 2 aromatic carbocycles. The van der Waals surface area contributed by atoms with Crippen molar-refractivity contribution in [3.8, 4) is 5.69 Å². The van der Waals surface area contributed by atoms with Crippen LogP contribution in [0.3, 0.4) is 0 Å². The van der Waals surface area contributed by atoms with Crippen LogP contribution in [0.15, 0.2) is 73.1 Å². The lowest BCUT2D eigenvalue weighted by atomic mass is 9.95. The zero-order chi connectivity index (χ0) is 19.9. The molecule has 0 spiro atoms. The number of amides is 1. The molecule has 29 heavy (non-hydrogen) atoms. The number of piperidine rings is 1. The third-order valence-electron chi connectivity index (χ3n) is 5.64. The Labute approximate surface area is 172 Å². The summed E-state index contributed by atoms with van der Waals surface area (Å²) in [5, 5.41) is 7.30. The Morgan fingerprint density at radius 1 is 1.00 bits per heavy atom. The van der Waals surface area contributed by atoms with Crippen LogP contribution in [0.5, 0.6) is 0 Å². The minimum atomic E-state index is 0.103. The number of carbonyl (C=O) groups excluding carboxylic acids is 1. The predicted molar refractivity (Wildman–Crippen MR) is 116 cm³/mol. The number of rotatable bonds is 7. The minimum Gasteiger partial charge on any atom is -0.326 e. The molecule has 4 rings (SSSR count). The van der Waals surface area contributed by atoms with Gasteiger partial charge >= 0.3 is 0 Å². The van der Waals surface area contributed by atoms with Gasteiger partial charge in [-0.3, -0.25) is 4.79 Å². The maximum atomic E-state index is 12.6. The SMILES string of the molecule is O=C(Nc1ccc(-n2cccn2)cc1)C1CCN(CCCc2ccccc2)CC1. The number of aromatic nitrogens is 2. The Hall–Kier alpha value is -2.92. The van der Waals surface area contributed by atoms with Crippen molar-refractivity contribution in [2.24, 2.45) is 5.92 Å². The summed E-state index contributed by atoms with van der Waals surface area (Å²) in [4.78, 5) is 15.1. The lowest BCUT2D eigenvalue weighted by Gasteiger charge is -2.31. The lowest BCUT2D eigenvalue weighted by Crippen LogP contribution is -2.38. The van der Waals surface area contributed by atoms with Crippen LogP contribution >= 0.6 is 0 Å². The second kappa shape index (κ2) is 9.52. The van der Waals surface area contributed by atoms with E-state index in [1.165, 1.54) is 12.0 Å². The van der Waals surface area contributed by atoms with Crippen molar-refractivity contribution in [2.75, 3.05) is 25.0 Å². The summed E-state index contributed by atoms with van der Waals surface area (Å²) in [7, 11) is 0. The van der Waals surface area contributed by atoms with Crippen molar-refractivity contribution >= 4 is 11.6 Å². The topological polar surface area (TPSA) is 50.2 Å². The average molecular weight is 389 g/mol. The standard InChI is InChI=1S/C24H28N4O/c29-24(26-22-9-11-23(12-10-22)28-17-5-15-25-28)21-13-18-27(19-14-21)16-4-8-20-6-2-1-3-7-20/h1-3,5-7,9-12,15,17,21H,4,8,13-14,16,18-19H2,(H,26,29). The molecule has 1 amide bonds. The zero-order valence-corrected chi connectivity index (χ0v) is 16.7. The summed E-state index contributed by atoms with van der Waals surface area (Å²) in [5.41, 5.74) is 3.23. The molecule has 0 saturated carbocycles. The van der Waals surface area contributed by atoms with Gasteiger partial charge in [0, 0.05) is 24.0 Å². The molecule has 3 aromatic rings. The first-order chi connectivity index (χ1) is 14.3. The van der Waals surface area contributed by atoms with E-state index in [-0.39, 0.29) is 11.8 Å². The molecular formula is C24H28N4O. The van der Waals surface area contributed by atoms with Crippen molar-refractivity contribution < 1.29 is 4.79 Å². The van der Waals surface area contributed by atoms with Crippen LogP contribution in [0.2, 0.25) is 0 Å². The van der Waals surface area contributed by atoms with Crippen molar-refractivity contribution in [3.05, 3.63) is 78.6 Å². The van der Waals surface area contributed by atoms with Gasteiger partial charge in [0.05, 0.1) is 5.69 Å². The average Bonchev–Trinajstić information content (AvgIpc) is 3.30. The zero-order valence-electron chi connectivity index (χ0n) is 16.7. The Balaban J connectivity index is 1.20. The highest BCUT2D eigenvalue weighted by Crippen LogP contribution is 2.20. The van der Waals surface area contributed by atoms with E-state index in [2.05, 4.69) is 45.6 Å². The van der Waals surface area contributed by atoms with Gasteiger partial charge in [-0.25, -0.2) is 4.68 Å². The Morgan fingerprint density at radius 3 is 2.45 bits per heavy atom. The summed E-state index contributed by atoms with van der Waals surface area (Å²) in [6, 6.07) is 20.4. The fraction of sp³-hybridized carbons (Fsp3) is 0.333. The third kappa shape index (κ3) is 5.33. The fourth-order valence-electron chi connectivity index (χ4n) is 3.93. The molecule has 1 aliphatic heterocycles. The summed E-state index contributed by atoms with van der Waals surface area (Å²) in [6.07, 6.45) is 7.81. The maximum Gasteiger partial charge on any atom is 0.227 e. The number of aryl methyl sites for hydroxylation is 1. The fourth-order valence-corrected chi connectivity index (χ4v) is 3.93. The van der Waals surface area contributed by atoms with Crippen LogP contribution in [0, 0.1) is 5.92 Å². The Morgan fingerprint density at radius 2 is 1.76 bits per heavy atom. The van der Waals surface area contributed by atoms with Gasteiger partial charge in [-0.15, -0.1) is 0 Å². The van der Waals surface area contributed by atoms with Crippen LogP contribution < -0.4 is 5.32 Å². The summed E-state index contributed by atoms with van der Waals surface area (Å²) in [6.45, 7) is 3.12. The van der Waals surface area contributed by atoms with Gasteiger partial charge in [0.2, 0.25) is 5.91 Å². The third-order valence-corrected chi connectivity index (χ3v) is 5.64. The smallest absolute Gasteiger partial charge is 0.227 e. The number of benzene rings is 2. The molecule has 1 N–H and O–H groups in total. The molecule has 2 heterocycles. The molecule has 1 saturated heterocycles. The van der Waals surface area contributed by atoms with Crippen LogP contribution in [-0.4, -0.2) is 40.2 Å². The number of anilines is 1. The van der Waals surface area contributed by atoms with E-state index in [1.807, 2.05) is 36.5 Å². The molecule has 0 radical (unpaired) electrons. The molecule has 1 aromatic heterocycles. The van der Waals surface area contributed by atoms with Gasteiger partial charge in [0.1, 0.15) is 0 Å². The first-order valence-corrected chi connectivity index (χ1v) is 10.5. The maximum absolute atomic E-state index is 12.6. The number of carbonyl (C=O) groups is 1. The summed E-state index contributed by atoms with van der Waals surface area (Å²) < 4.78 is 1.80. The van der Waals surface area contributed by atoms with Crippen molar-refractivity contribution in [1.82, 2.24) is 14.7 Å². The quantitative estimate of drug-likeness (QED) is 0.661. The van der Waals surface area contributed by atoms with Crippen LogP contribution in [0.1, 0.15) is 24.8 Å². The monoisotopic (exact) mass is 388 g/mol. The van der Waals surface area contributed by atoms with E-state index < -0.39 is 0 Å². The largest absolute Gasteiger partial charge is 0.326 e. The lowest BCUT2D eigenvalue weighted by molar-refractivity contribution is -0.121. The van der Waals surface area contributed by atoms with Gasteiger partial charge in [-0.05, 0) is 81.2 Å². The Kier molecular flexibility index (Phi) is 6.37. The summed E-state index contributed by atoms with van der Waals surface area (Å²) in [5.74, 6) is 0.243. The van der Waals surface area contributed by atoms with E-state index in [0.717, 1.165) is 50.3 Å². The Bertz CT molecular complexity index is 882. The van der Waals surface area contributed by atoms with Crippen LogP contribution in [0.25, 0.3) is 5.69 Å². The molecular weight excluding hydrogens is 360 g/mol. The van der Waals surface area contributed by atoms with Crippen molar-refractivity contribution in [3.63, 3.8) is 0 Å². The minimum absolute atomic E-state index is 0.103. The van der Waals surface area contributed by atoms with E-state index in [0.29, 0.717) is 0 Å². The van der Waals surface area contributed by atoms with Gasteiger partial charge in [0.15, 0.2) is 0 Å². The van der Waals surface area contributed by atoms with Gasteiger partial charge in [-0.2, -0.15) is 5.10 Å². The number of nitrogens with one attached hydrogen (secondary N) is 1. The van der Waals surface area contributed by atoms with Crippen LogP contribution in [0.4, 0.5) is 5.69 Å². The number of hydrogen-bond donors (Lipinski definition) is 1. The van der Waals surface area contributed by atoms with E-state index in [1.54, 1.807) is 10.9 Å². The number of likely N-dealkylation sites (tertiary alicyclic amines) is 1. The predicted octanol–water partition coefficient (Wildman–Crippen LogP) is 4.16. The second-order valence-corrected chi connectivity index (χ2v) is 7.69. The van der Waals surface area contributed by atoms with E-state index in [9.17, 15) is 4.79 Å².